The van der Waals surface area contributed by atoms with Crippen LogP contribution in [0, 0.1) is 0 Å². The molecular formula is C8H16ClN. The highest BCUT2D eigenvalue weighted by molar-refractivity contribution is 6.29. The summed E-state index contributed by atoms with van der Waals surface area (Å²) in [5, 5.41) is 0.881. The zero-order valence-electron chi connectivity index (χ0n) is 7.02. The van der Waals surface area contributed by atoms with Crippen LogP contribution in [0.5, 0.6) is 0 Å². The smallest absolute Gasteiger partial charge is 0.0177 e. The van der Waals surface area contributed by atoms with Crippen molar-refractivity contribution in [2.45, 2.75) is 20.8 Å². The molecule has 60 valence electrons. The van der Waals surface area contributed by atoms with Crippen LogP contribution in [0.25, 0.3) is 0 Å². The molecule has 0 heterocycles. The quantitative estimate of drug-likeness (QED) is 0.613. The third-order valence-electron chi connectivity index (χ3n) is 1.53. The second kappa shape index (κ2) is 5.75. The van der Waals surface area contributed by atoms with Gasteiger partial charge in [0.05, 0.1) is 0 Å². The minimum atomic E-state index is 0.881. The molecule has 0 N–H and O–H groups in total. The summed E-state index contributed by atoms with van der Waals surface area (Å²) in [5.74, 6) is 0. The molecule has 0 aliphatic carbocycles. The molecule has 0 spiro atoms. The van der Waals surface area contributed by atoms with Gasteiger partial charge in [-0.15, -0.1) is 0 Å². The fraction of sp³-hybridized carbons (Fsp3) is 0.750. The van der Waals surface area contributed by atoms with Crippen molar-refractivity contribution in [3.05, 3.63) is 11.1 Å². The van der Waals surface area contributed by atoms with Gasteiger partial charge in [-0.2, -0.15) is 0 Å². The first-order valence-electron chi connectivity index (χ1n) is 3.75. The molecule has 1 nitrogen and oxygen atoms in total. The minimum Gasteiger partial charge on any atom is -0.300 e. The van der Waals surface area contributed by atoms with E-state index in [-0.39, 0.29) is 0 Å². The van der Waals surface area contributed by atoms with E-state index >= 15 is 0 Å². The number of allylic oxidation sites excluding steroid dienone is 1. The highest BCUT2D eigenvalue weighted by atomic mass is 35.5. The Balaban J connectivity index is 3.54. The maximum Gasteiger partial charge on any atom is 0.0177 e. The van der Waals surface area contributed by atoms with E-state index in [9.17, 15) is 0 Å². The first-order valence-corrected chi connectivity index (χ1v) is 4.13. The van der Waals surface area contributed by atoms with Crippen LogP contribution in [0.4, 0.5) is 0 Å². The van der Waals surface area contributed by atoms with Crippen molar-refractivity contribution >= 4 is 11.6 Å². The van der Waals surface area contributed by atoms with Crippen molar-refractivity contribution in [3.63, 3.8) is 0 Å². The van der Waals surface area contributed by atoms with Gasteiger partial charge in [-0.3, -0.25) is 0 Å². The van der Waals surface area contributed by atoms with Crippen molar-refractivity contribution in [3.8, 4) is 0 Å². The van der Waals surface area contributed by atoms with E-state index in [0.29, 0.717) is 0 Å². The van der Waals surface area contributed by atoms with Crippen LogP contribution in [0.1, 0.15) is 20.8 Å². The average molecular weight is 162 g/mol. The van der Waals surface area contributed by atoms with E-state index in [2.05, 4.69) is 18.7 Å². The summed E-state index contributed by atoms with van der Waals surface area (Å²) >= 11 is 5.67. The SMILES string of the molecule is CCN(CC)C/C=C(/C)Cl. The fourth-order valence-electron chi connectivity index (χ4n) is 0.737. The number of likely N-dealkylation sites (N-methyl/N-ethyl adjacent to an activating group) is 1. The molecule has 0 amide bonds. The van der Waals surface area contributed by atoms with Crippen molar-refractivity contribution in [2.75, 3.05) is 19.6 Å². The Morgan fingerprint density at radius 3 is 2.20 bits per heavy atom. The van der Waals surface area contributed by atoms with Gasteiger partial charge >= 0.3 is 0 Å². The van der Waals surface area contributed by atoms with E-state index in [1.165, 1.54) is 0 Å². The Morgan fingerprint density at radius 2 is 1.90 bits per heavy atom. The van der Waals surface area contributed by atoms with E-state index in [1.807, 2.05) is 13.0 Å². The first-order chi connectivity index (χ1) is 4.70. The lowest BCUT2D eigenvalue weighted by Crippen LogP contribution is -2.22. The summed E-state index contributed by atoms with van der Waals surface area (Å²) in [6, 6.07) is 0. The number of halogens is 1. The second-order valence-corrected chi connectivity index (χ2v) is 2.87. The Bertz CT molecular complexity index is 102. The highest BCUT2D eigenvalue weighted by Crippen LogP contribution is 1.98. The minimum absolute atomic E-state index is 0.881. The van der Waals surface area contributed by atoms with Gasteiger partial charge in [-0.05, 0) is 20.0 Å². The van der Waals surface area contributed by atoms with Gasteiger partial charge in [0.2, 0.25) is 0 Å². The van der Waals surface area contributed by atoms with Gasteiger partial charge in [0.25, 0.3) is 0 Å². The maximum absolute atomic E-state index is 5.67. The Hall–Kier alpha value is -0.0100. The molecule has 2 heteroatoms. The first kappa shape index (κ1) is 9.99. The molecule has 0 bridgehead atoms. The van der Waals surface area contributed by atoms with Crippen LogP contribution in [0.15, 0.2) is 11.1 Å². The normalized spacial score (nSPS) is 12.7. The molecule has 0 aliphatic heterocycles. The molecule has 0 rings (SSSR count). The predicted octanol–water partition coefficient (Wildman–Crippen LogP) is 2.47. The zero-order valence-corrected chi connectivity index (χ0v) is 7.78. The summed E-state index contributed by atoms with van der Waals surface area (Å²) in [7, 11) is 0. The molecule has 0 saturated heterocycles. The summed E-state index contributed by atoms with van der Waals surface area (Å²) in [4.78, 5) is 2.31. The number of hydrogen-bond donors (Lipinski definition) is 0. The van der Waals surface area contributed by atoms with Gasteiger partial charge in [-0.25, -0.2) is 0 Å². The van der Waals surface area contributed by atoms with Gasteiger partial charge in [-0.1, -0.05) is 31.5 Å². The van der Waals surface area contributed by atoms with Crippen molar-refractivity contribution < 1.29 is 0 Å². The second-order valence-electron chi connectivity index (χ2n) is 2.28. The maximum atomic E-state index is 5.67. The largest absolute Gasteiger partial charge is 0.300 e. The number of hydrogen-bond acceptors (Lipinski definition) is 1. The molecule has 0 aromatic rings. The van der Waals surface area contributed by atoms with Gasteiger partial charge in [0.15, 0.2) is 0 Å². The Labute approximate surface area is 68.7 Å². The van der Waals surface area contributed by atoms with E-state index in [4.69, 9.17) is 11.6 Å². The standard InChI is InChI=1S/C8H16ClN/c1-4-10(5-2)7-6-8(3)9/h6H,4-5,7H2,1-3H3/b8-6-. The molecule has 0 aromatic heterocycles. The molecule has 0 radical (unpaired) electrons. The fourth-order valence-corrected chi connectivity index (χ4v) is 0.806. The average Bonchev–Trinajstić information content (AvgIpc) is 1.90. The van der Waals surface area contributed by atoms with Crippen molar-refractivity contribution in [1.82, 2.24) is 4.90 Å². The molecule has 0 unspecified atom stereocenters. The van der Waals surface area contributed by atoms with Gasteiger partial charge in [0, 0.05) is 11.6 Å². The Kier molecular flexibility index (Phi) is 5.74. The molecular weight excluding hydrogens is 146 g/mol. The lowest BCUT2D eigenvalue weighted by atomic mass is 10.4. The molecule has 0 atom stereocenters. The third-order valence-corrected chi connectivity index (χ3v) is 1.68. The zero-order chi connectivity index (χ0) is 7.98. The molecule has 0 saturated carbocycles. The molecule has 0 fully saturated rings. The van der Waals surface area contributed by atoms with Gasteiger partial charge in [0.1, 0.15) is 0 Å². The van der Waals surface area contributed by atoms with Crippen molar-refractivity contribution in [2.24, 2.45) is 0 Å². The lowest BCUT2D eigenvalue weighted by Gasteiger charge is -2.14. The highest BCUT2D eigenvalue weighted by Gasteiger charge is 1.93. The van der Waals surface area contributed by atoms with E-state index in [0.717, 1.165) is 24.7 Å². The van der Waals surface area contributed by atoms with E-state index < -0.39 is 0 Å². The monoisotopic (exact) mass is 161 g/mol. The number of rotatable bonds is 4. The lowest BCUT2D eigenvalue weighted by molar-refractivity contribution is 0.337. The predicted molar refractivity (Wildman–Crippen MR) is 47.4 cm³/mol. The van der Waals surface area contributed by atoms with Crippen LogP contribution >= 0.6 is 11.6 Å². The van der Waals surface area contributed by atoms with Crippen LogP contribution in [0.3, 0.4) is 0 Å². The van der Waals surface area contributed by atoms with Crippen LogP contribution < -0.4 is 0 Å². The van der Waals surface area contributed by atoms with Gasteiger partial charge < -0.3 is 4.90 Å². The molecule has 0 aliphatic rings. The third kappa shape index (κ3) is 4.83. The summed E-state index contributed by atoms with van der Waals surface area (Å²) in [6.07, 6.45) is 2.04. The molecule has 10 heavy (non-hydrogen) atoms. The van der Waals surface area contributed by atoms with E-state index in [1.54, 1.807) is 0 Å². The molecule has 0 aromatic carbocycles. The Morgan fingerprint density at radius 1 is 1.40 bits per heavy atom. The van der Waals surface area contributed by atoms with Crippen LogP contribution in [-0.2, 0) is 0 Å². The summed E-state index contributed by atoms with van der Waals surface area (Å²) in [6.45, 7) is 9.38. The summed E-state index contributed by atoms with van der Waals surface area (Å²) < 4.78 is 0. The number of nitrogens with zero attached hydrogens (tertiary/aromatic N) is 1. The van der Waals surface area contributed by atoms with Crippen LogP contribution in [0.2, 0.25) is 0 Å². The topological polar surface area (TPSA) is 3.24 Å². The van der Waals surface area contributed by atoms with Crippen molar-refractivity contribution in [1.29, 1.82) is 0 Å². The summed E-state index contributed by atoms with van der Waals surface area (Å²) in [5.41, 5.74) is 0. The van der Waals surface area contributed by atoms with Crippen LogP contribution in [-0.4, -0.2) is 24.5 Å².